The topological polar surface area (TPSA) is 103 Å². The van der Waals surface area contributed by atoms with Crippen molar-refractivity contribution in [3.63, 3.8) is 0 Å². The van der Waals surface area contributed by atoms with E-state index in [1.165, 1.54) is 10.8 Å². The van der Waals surface area contributed by atoms with Gasteiger partial charge in [-0.3, -0.25) is 14.3 Å². The smallest absolute Gasteiger partial charge is 0.330 e. The average Bonchev–Trinajstić information content (AvgIpc) is 2.80. The minimum atomic E-state index is -0.702. The van der Waals surface area contributed by atoms with Crippen LogP contribution < -0.4 is 11.2 Å². The highest BCUT2D eigenvalue weighted by Gasteiger charge is 2.43. The van der Waals surface area contributed by atoms with Crippen LogP contribution in [-0.4, -0.2) is 53.8 Å². The summed E-state index contributed by atoms with van der Waals surface area (Å²) in [7, 11) is 1.57. The summed E-state index contributed by atoms with van der Waals surface area (Å²) in [6.07, 6.45) is -0.107. The molecular weight excluding hydrogens is 292 g/mol. The number of aromatic amines is 1. The zero-order valence-electron chi connectivity index (χ0n) is 12.9. The lowest BCUT2D eigenvalue weighted by molar-refractivity contribution is -0.0794. The van der Waals surface area contributed by atoms with Gasteiger partial charge in [-0.25, -0.2) is 4.79 Å². The molecule has 2 rings (SSSR count). The zero-order valence-corrected chi connectivity index (χ0v) is 12.9. The molecule has 1 aromatic rings. The first-order valence-electron chi connectivity index (χ1n) is 7.18. The number of aromatic nitrogens is 2. The summed E-state index contributed by atoms with van der Waals surface area (Å²) in [5.41, 5.74) is -0.589. The lowest BCUT2D eigenvalue weighted by atomic mass is 10.0. The van der Waals surface area contributed by atoms with Crippen LogP contribution >= 0.6 is 0 Å². The molecule has 0 spiro atoms. The average molecular weight is 314 g/mol. The maximum Gasteiger partial charge on any atom is 0.330 e. The Morgan fingerprint density at radius 3 is 2.77 bits per heavy atom. The van der Waals surface area contributed by atoms with E-state index >= 15 is 0 Å². The third-order valence-corrected chi connectivity index (χ3v) is 3.90. The molecule has 0 aliphatic carbocycles. The van der Waals surface area contributed by atoms with E-state index in [1.807, 2.05) is 6.92 Å². The number of aliphatic hydroxyl groups excluding tert-OH is 1. The van der Waals surface area contributed by atoms with E-state index in [4.69, 9.17) is 14.2 Å². The molecule has 22 heavy (non-hydrogen) atoms. The van der Waals surface area contributed by atoms with Crippen LogP contribution in [0.5, 0.6) is 0 Å². The maximum absolute atomic E-state index is 12.0. The Labute approximate surface area is 127 Å². The van der Waals surface area contributed by atoms with Crippen molar-refractivity contribution in [1.82, 2.24) is 9.55 Å². The van der Waals surface area contributed by atoms with Crippen molar-refractivity contribution in [3.8, 4) is 0 Å². The fourth-order valence-corrected chi connectivity index (χ4v) is 2.56. The van der Waals surface area contributed by atoms with Gasteiger partial charge in [0.25, 0.3) is 5.56 Å². The van der Waals surface area contributed by atoms with Crippen molar-refractivity contribution in [1.29, 1.82) is 0 Å². The predicted octanol–water partition coefficient (Wildman–Crippen LogP) is -0.598. The molecule has 8 nitrogen and oxygen atoms in total. The molecule has 0 bridgehead atoms. The van der Waals surface area contributed by atoms with Crippen LogP contribution in [0.2, 0.25) is 0 Å². The first kappa shape index (κ1) is 16.9. The van der Waals surface area contributed by atoms with Crippen LogP contribution in [0.25, 0.3) is 0 Å². The molecule has 1 aliphatic heterocycles. The van der Waals surface area contributed by atoms with E-state index in [-0.39, 0.29) is 12.5 Å². The molecule has 0 amide bonds. The number of H-pyrrole nitrogens is 1. The van der Waals surface area contributed by atoms with Gasteiger partial charge in [-0.2, -0.15) is 0 Å². The zero-order chi connectivity index (χ0) is 16.3. The van der Waals surface area contributed by atoms with Crippen molar-refractivity contribution in [3.05, 3.63) is 32.6 Å². The first-order valence-corrected chi connectivity index (χ1v) is 7.18. The normalized spacial score (nSPS) is 28.2. The van der Waals surface area contributed by atoms with E-state index in [2.05, 4.69) is 4.98 Å². The second kappa shape index (κ2) is 7.19. The largest absolute Gasteiger partial charge is 0.394 e. The Morgan fingerprint density at radius 2 is 2.14 bits per heavy atom. The van der Waals surface area contributed by atoms with E-state index < -0.39 is 29.7 Å². The lowest BCUT2D eigenvalue weighted by Gasteiger charge is -2.23. The van der Waals surface area contributed by atoms with Gasteiger partial charge in [0.05, 0.1) is 25.9 Å². The highest BCUT2D eigenvalue weighted by atomic mass is 16.6. The van der Waals surface area contributed by atoms with Crippen molar-refractivity contribution in [2.45, 2.75) is 32.3 Å². The minimum absolute atomic E-state index is 0.106. The molecule has 1 aliphatic rings. The van der Waals surface area contributed by atoms with Crippen molar-refractivity contribution >= 4 is 0 Å². The quantitative estimate of drug-likeness (QED) is 0.680. The van der Waals surface area contributed by atoms with Crippen molar-refractivity contribution in [2.75, 3.05) is 26.9 Å². The predicted molar refractivity (Wildman–Crippen MR) is 77.8 cm³/mol. The van der Waals surface area contributed by atoms with Crippen LogP contribution in [0.4, 0.5) is 0 Å². The number of hydrogen-bond donors (Lipinski definition) is 2. The Balaban J connectivity index is 2.31. The summed E-state index contributed by atoms with van der Waals surface area (Å²) in [6, 6.07) is 0. The number of nitrogens with one attached hydrogen (secondary N) is 1. The number of nitrogens with zero attached hydrogens (tertiary/aromatic N) is 1. The monoisotopic (exact) mass is 314 g/mol. The molecule has 124 valence electrons. The van der Waals surface area contributed by atoms with E-state index in [1.54, 1.807) is 14.0 Å². The Morgan fingerprint density at radius 1 is 1.41 bits per heavy atom. The van der Waals surface area contributed by atoms with Crippen molar-refractivity contribution in [2.24, 2.45) is 5.92 Å². The Kier molecular flexibility index (Phi) is 5.52. The highest BCUT2D eigenvalue weighted by Crippen LogP contribution is 2.35. The molecular formula is C14H22N2O6. The molecule has 0 aromatic carbocycles. The summed E-state index contributed by atoms with van der Waals surface area (Å²) in [6.45, 7) is 4.10. The summed E-state index contributed by atoms with van der Waals surface area (Å²) >= 11 is 0. The number of hydrogen-bond acceptors (Lipinski definition) is 6. The van der Waals surface area contributed by atoms with Gasteiger partial charge in [0.2, 0.25) is 0 Å². The number of rotatable bonds is 6. The maximum atomic E-state index is 12.0. The molecule has 4 atom stereocenters. The van der Waals surface area contributed by atoms with Crippen LogP contribution in [0.1, 0.15) is 18.7 Å². The van der Waals surface area contributed by atoms with Gasteiger partial charge in [-0.1, -0.05) is 6.92 Å². The molecule has 1 aromatic heterocycles. The third-order valence-electron chi connectivity index (χ3n) is 3.90. The summed E-state index contributed by atoms with van der Waals surface area (Å²) in [5.74, 6) is -0.106. The number of aryl methyl sites for hydroxylation is 1. The fraction of sp³-hybridized carbons (Fsp3) is 0.714. The Bertz CT molecular complexity index is 610. The second-order valence-electron chi connectivity index (χ2n) is 5.41. The molecule has 0 saturated carbocycles. The van der Waals surface area contributed by atoms with Gasteiger partial charge in [0.1, 0.15) is 6.10 Å². The van der Waals surface area contributed by atoms with Crippen LogP contribution in [0.3, 0.4) is 0 Å². The SMILES string of the molecule is COCCO[C@@H]1[C@H](C)[C@@H](CO)O[C@H]1n1cc(C)c(=O)[nH]c1=O. The van der Waals surface area contributed by atoms with Gasteiger partial charge in [0.15, 0.2) is 6.23 Å². The van der Waals surface area contributed by atoms with Gasteiger partial charge in [-0.05, 0) is 6.92 Å². The summed E-state index contributed by atoms with van der Waals surface area (Å²) in [4.78, 5) is 25.8. The van der Waals surface area contributed by atoms with Crippen LogP contribution in [-0.2, 0) is 14.2 Å². The Hall–Kier alpha value is -1.48. The van der Waals surface area contributed by atoms with Crippen molar-refractivity contribution < 1.29 is 19.3 Å². The van der Waals surface area contributed by atoms with Gasteiger partial charge < -0.3 is 19.3 Å². The van der Waals surface area contributed by atoms with Gasteiger partial charge in [-0.15, -0.1) is 0 Å². The molecule has 2 N–H and O–H groups in total. The molecule has 1 fully saturated rings. The van der Waals surface area contributed by atoms with Crippen LogP contribution in [0.15, 0.2) is 15.8 Å². The number of aliphatic hydroxyl groups is 1. The van der Waals surface area contributed by atoms with E-state index in [0.717, 1.165) is 0 Å². The number of ether oxygens (including phenoxy) is 3. The fourth-order valence-electron chi connectivity index (χ4n) is 2.56. The van der Waals surface area contributed by atoms with Gasteiger partial charge in [0, 0.05) is 24.8 Å². The lowest BCUT2D eigenvalue weighted by Crippen LogP contribution is -2.38. The molecule has 1 saturated heterocycles. The molecule has 0 radical (unpaired) electrons. The minimum Gasteiger partial charge on any atom is -0.394 e. The van der Waals surface area contributed by atoms with E-state index in [0.29, 0.717) is 18.8 Å². The number of methoxy groups -OCH3 is 1. The van der Waals surface area contributed by atoms with Gasteiger partial charge >= 0.3 is 5.69 Å². The summed E-state index contributed by atoms with van der Waals surface area (Å²) < 4.78 is 17.8. The van der Waals surface area contributed by atoms with Crippen LogP contribution in [0, 0.1) is 12.8 Å². The second-order valence-corrected chi connectivity index (χ2v) is 5.41. The summed E-state index contributed by atoms with van der Waals surface area (Å²) in [5, 5.41) is 9.41. The first-order chi connectivity index (χ1) is 10.5. The third kappa shape index (κ3) is 3.30. The molecule has 0 unspecified atom stereocenters. The van der Waals surface area contributed by atoms with E-state index in [9.17, 15) is 14.7 Å². The highest BCUT2D eigenvalue weighted by molar-refractivity contribution is 5.03. The molecule has 2 heterocycles. The standard InChI is InChI=1S/C14H22N2O6/c1-8-6-16(14(19)15-12(8)18)13-11(21-5-4-20-3)9(2)10(7-17)22-13/h6,9-11,13,17H,4-5,7H2,1-3H3,(H,15,18,19)/t9-,10-,11-,13-/m1/s1. The molecule has 8 heteroatoms.